The summed E-state index contributed by atoms with van der Waals surface area (Å²) in [6.45, 7) is 4.48. The van der Waals surface area contributed by atoms with Crippen molar-refractivity contribution in [2.45, 2.75) is 13.8 Å². The zero-order chi connectivity index (χ0) is 22.2. The molecule has 0 aromatic heterocycles. The van der Waals surface area contributed by atoms with Gasteiger partial charge < -0.3 is 14.8 Å². The summed E-state index contributed by atoms with van der Waals surface area (Å²) in [5.41, 5.74) is 1.56. The largest absolute Gasteiger partial charge is 0.493 e. The van der Waals surface area contributed by atoms with E-state index in [0.717, 1.165) is 22.1 Å². The topological polar surface area (TPSA) is 88.4 Å². The first kappa shape index (κ1) is 21.6. The quantitative estimate of drug-likeness (QED) is 0.335. The Balaban J connectivity index is 1.85. The monoisotopic (exact) mass is 414 g/mol. The molecule has 0 fully saturated rings. The van der Waals surface area contributed by atoms with E-state index in [2.05, 4.69) is 5.32 Å². The number of nitriles is 1. The SMILES string of the molecule is CCOC(=O)c1ccc(NC(=O)/C(C#N)=C/c2ccc(OCC)c3ccccc23)cc1. The fourth-order valence-electron chi connectivity index (χ4n) is 3.11. The molecule has 1 amide bonds. The Labute approximate surface area is 180 Å². The van der Waals surface area contributed by atoms with Gasteiger partial charge in [-0.2, -0.15) is 5.26 Å². The van der Waals surface area contributed by atoms with Gasteiger partial charge in [0.1, 0.15) is 17.4 Å². The van der Waals surface area contributed by atoms with E-state index in [9.17, 15) is 14.9 Å². The number of fused-ring (bicyclic) bond motifs is 1. The van der Waals surface area contributed by atoms with Gasteiger partial charge in [0.25, 0.3) is 5.91 Å². The third-order valence-electron chi connectivity index (χ3n) is 4.54. The number of benzene rings is 3. The Morgan fingerprint density at radius 2 is 1.68 bits per heavy atom. The summed E-state index contributed by atoms with van der Waals surface area (Å²) in [4.78, 5) is 24.4. The summed E-state index contributed by atoms with van der Waals surface area (Å²) in [6.07, 6.45) is 1.56. The van der Waals surface area contributed by atoms with E-state index in [1.165, 1.54) is 0 Å². The maximum absolute atomic E-state index is 12.7. The molecule has 0 aliphatic carbocycles. The highest BCUT2D eigenvalue weighted by Gasteiger charge is 2.13. The molecule has 156 valence electrons. The van der Waals surface area contributed by atoms with Crippen LogP contribution in [-0.2, 0) is 9.53 Å². The molecule has 3 rings (SSSR count). The van der Waals surface area contributed by atoms with Crippen LogP contribution in [0.15, 0.2) is 66.2 Å². The number of anilines is 1. The molecule has 0 atom stereocenters. The van der Waals surface area contributed by atoms with Crippen LogP contribution >= 0.6 is 0 Å². The van der Waals surface area contributed by atoms with Gasteiger partial charge in [0.05, 0.1) is 18.8 Å². The average Bonchev–Trinajstić information content (AvgIpc) is 2.79. The van der Waals surface area contributed by atoms with Crippen molar-refractivity contribution < 1.29 is 19.1 Å². The molecule has 3 aromatic carbocycles. The van der Waals surface area contributed by atoms with E-state index >= 15 is 0 Å². The van der Waals surface area contributed by atoms with Crippen LogP contribution < -0.4 is 10.1 Å². The maximum atomic E-state index is 12.7. The zero-order valence-electron chi connectivity index (χ0n) is 17.3. The minimum atomic E-state index is -0.538. The lowest BCUT2D eigenvalue weighted by molar-refractivity contribution is -0.112. The number of hydrogen-bond donors (Lipinski definition) is 1. The number of carbonyl (C=O) groups excluding carboxylic acids is 2. The Bertz CT molecular complexity index is 1170. The van der Waals surface area contributed by atoms with Crippen molar-refractivity contribution in [2.75, 3.05) is 18.5 Å². The lowest BCUT2D eigenvalue weighted by Gasteiger charge is -2.10. The number of amides is 1. The minimum Gasteiger partial charge on any atom is -0.493 e. The Hall–Kier alpha value is -4.11. The van der Waals surface area contributed by atoms with Crippen molar-refractivity contribution in [2.24, 2.45) is 0 Å². The maximum Gasteiger partial charge on any atom is 0.338 e. The lowest BCUT2D eigenvalue weighted by Crippen LogP contribution is -2.13. The number of ether oxygens (including phenoxy) is 2. The van der Waals surface area contributed by atoms with Crippen LogP contribution in [0.1, 0.15) is 29.8 Å². The van der Waals surface area contributed by atoms with Gasteiger partial charge >= 0.3 is 5.97 Å². The highest BCUT2D eigenvalue weighted by Crippen LogP contribution is 2.30. The molecule has 0 aliphatic heterocycles. The summed E-state index contributed by atoms with van der Waals surface area (Å²) >= 11 is 0. The first-order valence-electron chi connectivity index (χ1n) is 9.92. The van der Waals surface area contributed by atoms with E-state index in [1.807, 2.05) is 49.4 Å². The number of esters is 1. The third-order valence-corrected chi connectivity index (χ3v) is 4.54. The number of nitrogens with one attached hydrogen (secondary N) is 1. The van der Waals surface area contributed by atoms with Crippen LogP contribution in [0.25, 0.3) is 16.8 Å². The molecule has 3 aromatic rings. The van der Waals surface area contributed by atoms with Crippen molar-refractivity contribution in [3.05, 3.63) is 77.4 Å². The lowest BCUT2D eigenvalue weighted by atomic mass is 10.0. The molecule has 0 saturated carbocycles. The van der Waals surface area contributed by atoms with E-state index in [4.69, 9.17) is 9.47 Å². The molecule has 0 heterocycles. The second-order valence-electron chi connectivity index (χ2n) is 6.55. The highest BCUT2D eigenvalue weighted by atomic mass is 16.5. The van der Waals surface area contributed by atoms with E-state index < -0.39 is 11.9 Å². The van der Waals surface area contributed by atoms with Crippen LogP contribution in [0.2, 0.25) is 0 Å². The average molecular weight is 414 g/mol. The van der Waals surface area contributed by atoms with E-state index in [0.29, 0.717) is 17.9 Å². The second kappa shape index (κ2) is 10.1. The molecule has 1 N–H and O–H groups in total. The first-order chi connectivity index (χ1) is 15.1. The van der Waals surface area contributed by atoms with Crippen LogP contribution in [0, 0.1) is 11.3 Å². The Kier molecular flexibility index (Phi) is 7.02. The van der Waals surface area contributed by atoms with Gasteiger partial charge in [-0.05, 0) is 61.2 Å². The van der Waals surface area contributed by atoms with Crippen LogP contribution in [-0.4, -0.2) is 25.1 Å². The van der Waals surface area contributed by atoms with Gasteiger partial charge in [0.15, 0.2) is 0 Å². The van der Waals surface area contributed by atoms with E-state index in [1.54, 1.807) is 37.3 Å². The van der Waals surface area contributed by atoms with Crippen LogP contribution in [0.3, 0.4) is 0 Å². The predicted molar refractivity (Wildman–Crippen MR) is 120 cm³/mol. The number of rotatable bonds is 7. The first-order valence-corrected chi connectivity index (χ1v) is 9.92. The summed E-state index contributed by atoms with van der Waals surface area (Å²) in [6, 6.07) is 19.6. The van der Waals surface area contributed by atoms with Gasteiger partial charge in [-0.15, -0.1) is 0 Å². The van der Waals surface area contributed by atoms with Gasteiger partial charge in [-0.25, -0.2) is 4.79 Å². The van der Waals surface area contributed by atoms with Crippen molar-refractivity contribution in [3.63, 3.8) is 0 Å². The summed E-state index contributed by atoms with van der Waals surface area (Å²) in [5.74, 6) is -0.218. The fourth-order valence-corrected chi connectivity index (χ4v) is 3.11. The third kappa shape index (κ3) is 5.09. The van der Waals surface area contributed by atoms with E-state index in [-0.39, 0.29) is 12.2 Å². The molecule has 0 spiro atoms. The molecule has 6 heteroatoms. The summed E-state index contributed by atoms with van der Waals surface area (Å²) in [7, 11) is 0. The van der Waals surface area contributed by atoms with Crippen LogP contribution in [0.5, 0.6) is 5.75 Å². The highest BCUT2D eigenvalue weighted by molar-refractivity contribution is 6.11. The van der Waals surface area contributed by atoms with Crippen molar-refractivity contribution in [1.82, 2.24) is 0 Å². The van der Waals surface area contributed by atoms with Crippen molar-refractivity contribution >= 4 is 34.4 Å². The minimum absolute atomic E-state index is 0.0382. The predicted octanol–water partition coefficient (Wildman–Crippen LogP) is 4.96. The molecule has 0 saturated heterocycles. The van der Waals surface area contributed by atoms with Gasteiger partial charge in [-0.3, -0.25) is 4.79 Å². The Morgan fingerprint density at radius 3 is 2.32 bits per heavy atom. The molecule has 0 radical (unpaired) electrons. The van der Waals surface area contributed by atoms with Crippen molar-refractivity contribution in [3.8, 4) is 11.8 Å². The molecular formula is C25H22N2O4. The van der Waals surface area contributed by atoms with Crippen LogP contribution in [0.4, 0.5) is 5.69 Å². The normalized spacial score (nSPS) is 10.9. The van der Waals surface area contributed by atoms with Gasteiger partial charge in [0, 0.05) is 11.1 Å². The van der Waals surface area contributed by atoms with Crippen molar-refractivity contribution in [1.29, 1.82) is 5.26 Å². The summed E-state index contributed by atoms with van der Waals surface area (Å²) in [5, 5.41) is 14.0. The fraction of sp³-hybridized carbons (Fsp3) is 0.160. The molecule has 31 heavy (non-hydrogen) atoms. The smallest absolute Gasteiger partial charge is 0.338 e. The molecule has 0 bridgehead atoms. The molecule has 0 unspecified atom stereocenters. The molecule has 6 nitrogen and oxygen atoms in total. The number of hydrogen-bond acceptors (Lipinski definition) is 5. The molecular weight excluding hydrogens is 392 g/mol. The molecule has 0 aliphatic rings. The second-order valence-corrected chi connectivity index (χ2v) is 6.55. The zero-order valence-corrected chi connectivity index (χ0v) is 17.3. The number of carbonyl (C=O) groups is 2. The standard InChI is InChI=1S/C25H22N2O4/c1-3-30-23-14-11-18(21-7-5-6-8-22(21)23)15-19(16-26)24(28)27-20-12-9-17(10-13-20)25(29)31-4-2/h5-15H,3-4H2,1-2H3,(H,27,28)/b19-15+. The summed E-state index contributed by atoms with van der Waals surface area (Å²) < 4.78 is 10.6. The van der Waals surface area contributed by atoms with Gasteiger partial charge in [0.2, 0.25) is 0 Å². The van der Waals surface area contributed by atoms with Gasteiger partial charge in [-0.1, -0.05) is 30.3 Å². The number of nitrogens with zero attached hydrogens (tertiary/aromatic N) is 1. The Morgan fingerprint density at radius 1 is 0.968 bits per heavy atom.